The van der Waals surface area contributed by atoms with Crippen LogP contribution in [0, 0.1) is 0 Å². The van der Waals surface area contributed by atoms with Crippen molar-refractivity contribution in [1.82, 2.24) is 9.88 Å². The molecule has 23 heavy (non-hydrogen) atoms. The molecule has 1 aliphatic rings. The fourth-order valence-electron chi connectivity index (χ4n) is 3.03. The van der Waals surface area contributed by atoms with E-state index in [4.69, 9.17) is 4.74 Å². The number of aromatic amines is 1. The van der Waals surface area contributed by atoms with Crippen molar-refractivity contribution in [3.05, 3.63) is 47.8 Å². The van der Waals surface area contributed by atoms with Gasteiger partial charge in [-0.1, -0.05) is 24.3 Å². The minimum absolute atomic E-state index is 0.0894. The number of hydrogen-bond donors (Lipinski definition) is 1. The van der Waals surface area contributed by atoms with Gasteiger partial charge in [-0.2, -0.15) is 0 Å². The van der Waals surface area contributed by atoms with Crippen LogP contribution in [0.25, 0.3) is 11.1 Å². The Labute approximate surface area is 137 Å². The van der Waals surface area contributed by atoms with Gasteiger partial charge >= 0.3 is 0 Å². The van der Waals surface area contributed by atoms with Crippen LogP contribution in [0.5, 0.6) is 0 Å². The number of nitrogens with zero attached hydrogens (tertiary/aromatic N) is 1. The van der Waals surface area contributed by atoms with Gasteiger partial charge in [-0.15, -0.1) is 0 Å². The number of rotatable bonds is 4. The minimum atomic E-state index is 0.0894. The summed E-state index contributed by atoms with van der Waals surface area (Å²) in [4.78, 5) is 17.6. The van der Waals surface area contributed by atoms with E-state index in [2.05, 4.69) is 29.2 Å². The predicted molar refractivity (Wildman–Crippen MR) is 91.4 cm³/mol. The summed E-state index contributed by atoms with van der Waals surface area (Å²) in [7, 11) is 1.71. The van der Waals surface area contributed by atoms with Crippen molar-refractivity contribution in [1.29, 1.82) is 0 Å². The quantitative estimate of drug-likeness (QED) is 0.927. The summed E-state index contributed by atoms with van der Waals surface area (Å²) in [6.45, 7) is 3.77. The van der Waals surface area contributed by atoms with Crippen molar-refractivity contribution >= 4 is 5.91 Å². The fourth-order valence-corrected chi connectivity index (χ4v) is 3.03. The molecular formula is C19H24N2O2. The van der Waals surface area contributed by atoms with Crippen LogP contribution in [-0.4, -0.2) is 36.0 Å². The van der Waals surface area contributed by atoms with Gasteiger partial charge < -0.3 is 14.6 Å². The number of ether oxygens (including phenoxy) is 1. The first-order valence-corrected chi connectivity index (χ1v) is 8.30. The maximum absolute atomic E-state index is 12.5. The topological polar surface area (TPSA) is 45.3 Å². The average Bonchev–Trinajstić information content (AvgIpc) is 3.11. The average molecular weight is 312 g/mol. The zero-order chi connectivity index (χ0) is 16.2. The van der Waals surface area contributed by atoms with E-state index in [9.17, 15) is 4.79 Å². The number of hydrogen-bond acceptors (Lipinski definition) is 2. The molecule has 4 heteroatoms. The van der Waals surface area contributed by atoms with Crippen molar-refractivity contribution in [3.63, 3.8) is 0 Å². The van der Waals surface area contributed by atoms with Crippen LogP contribution in [-0.2, 0) is 4.74 Å². The fraction of sp³-hybridized carbons (Fsp3) is 0.421. The number of amides is 1. The highest BCUT2D eigenvalue weighted by atomic mass is 16.5. The molecular weight excluding hydrogens is 288 g/mol. The summed E-state index contributed by atoms with van der Waals surface area (Å²) < 4.78 is 5.33. The van der Waals surface area contributed by atoms with Gasteiger partial charge in [0, 0.05) is 26.4 Å². The number of benzene rings is 1. The van der Waals surface area contributed by atoms with Crippen LogP contribution in [0.2, 0.25) is 0 Å². The molecule has 1 N–H and O–H groups in total. The van der Waals surface area contributed by atoms with Gasteiger partial charge in [-0.25, -0.2) is 0 Å². The van der Waals surface area contributed by atoms with Crippen LogP contribution < -0.4 is 0 Å². The standard InChI is InChI=1S/C19H24N2O2/c1-14(23-2)15-6-8-16(9-7-15)17-12-18(20-13-17)19(22)21-10-4-3-5-11-21/h6-9,12-14,20H,3-5,10-11H2,1-2H3/t14-/m0/s1. The van der Waals surface area contributed by atoms with Crippen LogP contribution in [0.4, 0.5) is 0 Å². The molecule has 0 bridgehead atoms. The molecule has 0 spiro atoms. The first kappa shape index (κ1) is 15.8. The van der Waals surface area contributed by atoms with Gasteiger partial charge in [-0.3, -0.25) is 4.79 Å². The zero-order valence-electron chi connectivity index (χ0n) is 13.8. The molecule has 1 fully saturated rings. The van der Waals surface area contributed by atoms with Crippen molar-refractivity contribution in [2.24, 2.45) is 0 Å². The van der Waals surface area contributed by atoms with Crippen molar-refractivity contribution < 1.29 is 9.53 Å². The molecule has 1 saturated heterocycles. The molecule has 1 atom stereocenters. The van der Waals surface area contributed by atoms with E-state index in [-0.39, 0.29) is 12.0 Å². The Morgan fingerprint density at radius 3 is 2.48 bits per heavy atom. The molecule has 0 aliphatic carbocycles. The van der Waals surface area contributed by atoms with Gasteiger partial charge in [0.05, 0.1) is 6.10 Å². The summed E-state index contributed by atoms with van der Waals surface area (Å²) in [5.41, 5.74) is 3.97. The number of nitrogens with one attached hydrogen (secondary N) is 1. The maximum Gasteiger partial charge on any atom is 0.270 e. The normalized spacial score (nSPS) is 16.3. The summed E-state index contributed by atoms with van der Waals surface area (Å²) in [6.07, 6.45) is 5.45. The number of methoxy groups -OCH3 is 1. The Kier molecular flexibility index (Phi) is 4.82. The van der Waals surface area contributed by atoms with E-state index in [1.54, 1.807) is 7.11 Å². The van der Waals surface area contributed by atoms with Crippen molar-refractivity contribution in [3.8, 4) is 11.1 Å². The second kappa shape index (κ2) is 7.01. The first-order valence-electron chi connectivity index (χ1n) is 8.30. The Morgan fingerprint density at radius 2 is 1.83 bits per heavy atom. The van der Waals surface area contributed by atoms with Gasteiger partial charge in [0.2, 0.25) is 0 Å². The highest BCUT2D eigenvalue weighted by Gasteiger charge is 2.19. The molecule has 122 valence electrons. The van der Waals surface area contributed by atoms with Crippen LogP contribution in [0.3, 0.4) is 0 Å². The van der Waals surface area contributed by atoms with Gasteiger partial charge in [0.15, 0.2) is 0 Å². The van der Waals surface area contributed by atoms with Gasteiger partial charge in [-0.05, 0) is 48.9 Å². The van der Waals surface area contributed by atoms with Crippen LogP contribution >= 0.6 is 0 Å². The molecule has 0 radical (unpaired) electrons. The summed E-state index contributed by atoms with van der Waals surface area (Å²) >= 11 is 0. The first-order chi connectivity index (χ1) is 11.2. The lowest BCUT2D eigenvalue weighted by Crippen LogP contribution is -2.35. The number of H-pyrrole nitrogens is 1. The van der Waals surface area contributed by atoms with E-state index in [1.807, 2.05) is 24.1 Å². The number of carbonyl (C=O) groups excluding carboxylic acids is 1. The van der Waals surface area contributed by atoms with E-state index in [0.717, 1.165) is 42.6 Å². The molecule has 1 aromatic heterocycles. The summed E-state index contributed by atoms with van der Waals surface area (Å²) in [5, 5.41) is 0. The number of likely N-dealkylation sites (tertiary alicyclic amines) is 1. The SMILES string of the molecule is CO[C@@H](C)c1ccc(-c2c[nH]c(C(=O)N3CCCCC3)c2)cc1. The Hall–Kier alpha value is -2.07. The van der Waals surface area contributed by atoms with Gasteiger partial charge in [0.1, 0.15) is 5.69 Å². The lowest BCUT2D eigenvalue weighted by Gasteiger charge is -2.26. The summed E-state index contributed by atoms with van der Waals surface area (Å²) in [6, 6.07) is 10.2. The molecule has 3 rings (SSSR count). The van der Waals surface area contributed by atoms with Crippen molar-refractivity contribution in [2.75, 3.05) is 20.2 Å². The molecule has 2 aromatic rings. The Bertz CT molecular complexity index is 654. The lowest BCUT2D eigenvalue weighted by molar-refractivity contribution is 0.0719. The van der Waals surface area contributed by atoms with E-state index >= 15 is 0 Å². The van der Waals surface area contributed by atoms with Crippen molar-refractivity contribution in [2.45, 2.75) is 32.3 Å². The van der Waals surface area contributed by atoms with Crippen LogP contribution in [0.1, 0.15) is 48.3 Å². The molecule has 0 saturated carbocycles. The van der Waals surface area contributed by atoms with E-state index in [1.165, 1.54) is 6.42 Å². The largest absolute Gasteiger partial charge is 0.377 e. The molecule has 0 unspecified atom stereocenters. The monoisotopic (exact) mass is 312 g/mol. The van der Waals surface area contributed by atoms with E-state index in [0.29, 0.717) is 5.69 Å². The minimum Gasteiger partial charge on any atom is -0.377 e. The molecule has 1 aromatic carbocycles. The third kappa shape index (κ3) is 3.48. The maximum atomic E-state index is 12.5. The Balaban J connectivity index is 1.74. The van der Waals surface area contributed by atoms with Gasteiger partial charge in [0.25, 0.3) is 5.91 Å². The Morgan fingerprint density at radius 1 is 1.13 bits per heavy atom. The van der Waals surface area contributed by atoms with E-state index < -0.39 is 0 Å². The molecule has 1 amide bonds. The smallest absolute Gasteiger partial charge is 0.270 e. The van der Waals surface area contributed by atoms with Crippen LogP contribution in [0.15, 0.2) is 36.5 Å². The third-order valence-electron chi connectivity index (χ3n) is 4.62. The lowest BCUT2D eigenvalue weighted by atomic mass is 10.0. The highest BCUT2D eigenvalue weighted by Crippen LogP contribution is 2.24. The third-order valence-corrected chi connectivity index (χ3v) is 4.62. The summed E-state index contributed by atoms with van der Waals surface area (Å²) in [5.74, 6) is 0.112. The molecule has 4 nitrogen and oxygen atoms in total. The number of aromatic nitrogens is 1. The predicted octanol–water partition coefficient (Wildman–Crippen LogP) is 4.02. The molecule has 2 heterocycles. The molecule has 1 aliphatic heterocycles. The number of piperidine rings is 1. The number of carbonyl (C=O) groups is 1. The highest BCUT2D eigenvalue weighted by molar-refractivity contribution is 5.94. The zero-order valence-corrected chi connectivity index (χ0v) is 13.8. The second-order valence-corrected chi connectivity index (χ2v) is 6.15. The second-order valence-electron chi connectivity index (χ2n) is 6.15.